The zero-order valence-electron chi connectivity index (χ0n) is 14.4. The minimum atomic E-state index is 0.585. The highest BCUT2D eigenvalue weighted by molar-refractivity contribution is 5.98. The van der Waals surface area contributed by atoms with E-state index < -0.39 is 0 Å². The van der Waals surface area contributed by atoms with Crippen LogP contribution in [0.1, 0.15) is 30.0 Å². The van der Waals surface area contributed by atoms with Gasteiger partial charge >= 0.3 is 0 Å². The van der Waals surface area contributed by atoms with Crippen molar-refractivity contribution < 1.29 is 0 Å². The van der Waals surface area contributed by atoms with Gasteiger partial charge < -0.3 is 10.6 Å². The van der Waals surface area contributed by atoms with Crippen molar-refractivity contribution in [2.24, 2.45) is 5.92 Å². The highest BCUT2D eigenvalue weighted by Crippen LogP contribution is 2.38. The first kappa shape index (κ1) is 15.1. The Labute approximate surface area is 144 Å². The van der Waals surface area contributed by atoms with Crippen molar-refractivity contribution in [1.82, 2.24) is 0 Å². The van der Waals surface area contributed by atoms with Crippen LogP contribution in [-0.4, -0.2) is 13.1 Å². The molecule has 0 saturated heterocycles. The number of anilines is 2. The van der Waals surface area contributed by atoms with Crippen LogP contribution in [-0.2, 0) is 0 Å². The molecule has 2 aromatic carbocycles. The number of hydrogen-bond donors (Lipinski definition) is 2. The molecule has 0 aromatic heterocycles. The maximum atomic E-state index is 3.51. The molecule has 2 aliphatic rings. The average Bonchev–Trinajstić information content (AvgIpc) is 2.61. The van der Waals surface area contributed by atoms with E-state index >= 15 is 0 Å². The van der Waals surface area contributed by atoms with Gasteiger partial charge in [-0.1, -0.05) is 55.0 Å². The third-order valence-electron chi connectivity index (χ3n) is 4.90. The van der Waals surface area contributed by atoms with E-state index in [2.05, 4.69) is 79.1 Å². The molecule has 1 aliphatic carbocycles. The number of aryl methyl sites for hydroxylation is 1. The Balaban J connectivity index is 1.83. The van der Waals surface area contributed by atoms with Crippen molar-refractivity contribution in [1.29, 1.82) is 0 Å². The zero-order valence-corrected chi connectivity index (χ0v) is 14.4. The molecule has 0 amide bonds. The lowest BCUT2D eigenvalue weighted by Gasteiger charge is -2.24. The highest BCUT2D eigenvalue weighted by Gasteiger charge is 2.18. The summed E-state index contributed by atoms with van der Waals surface area (Å²) >= 11 is 0. The van der Waals surface area contributed by atoms with Gasteiger partial charge in [-0.15, -0.1) is 0 Å². The molecule has 0 spiro atoms. The van der Waals surface area contributed by atoms with Crippen LogP contribution in [0.5, 0.6) is 0 Å². The van der Waals surface area contributed by atoms with Crippen molar-refractivity contribution in [3.05, 3.63) is 71.3 Å². The van der Waals surface area contributed by atoms with Gasteiger partial charge in [0.2, 0.25) is 0 Å². The fourth-order valence-corrected chi connectivity index (χ4v) is 3.64. The lowest BCUT2D eigenvalue weighted by molar-refractivity contribution is 0.751. The Morgan fingerprint density at radius 2 is 1.75 bits per heavy atom. The number of allylic oxidation sites excluding steroid dienone is 4. The van der Waals surface area contributed by atoms with Gasteiger partial charge in [0.25, 0.3) is 0 Å². The second kappa shape index (κ2) is 6.20. The quantitative estimate of drug-likeness (QED) is 0.781. The van der Waals surface area contributed by atoms with E-state index in [0.717, 1.165) is 19.5 Å². The normalized spacial score (nSPS) is 19.5. The van der Waals surface area contributed by atoms with E-state index in [-0.39, 0.29) is 0 Å². The summed E-state index contributed by atoms with van der Waals surface area (Å²) < 4.78 is 0. The Hall–Kier alpha value is -2.48. The summed E-state index contributed by atoms with van der Waals surface area (Å²) in [6.07, 6.45) is 5.74. The Kier molecular flexibility index (Phi) is 3.89. The largest absolute Gasteiger partial charge is 0.382 e. The fraction of sp³-hybridized carbons (Fsp3) is 0.273. The first-order valence-electron chi connectivity index (χ1n) is 8.81. The van der Waals surface area contributed by atoms with E-state index in [0.29, 0.717) is 5.92 Å². The lowest BCUT2D eigenvalue weighted by Crippen LogP contribution is -2.20. The molecule has 1 unspecified atom stereocenters. The van der Waals surface area contributed by atoms with Crippen molar-refractivity contribution in [2.45, 2.75) is 20.3 Å². The average molecular weight is 316 g/mol. The molecular weight excluding hydrogens is 292 g/mol. The van der Waals surface area contributed by atoms with Crippen LogP contribution >= 0.6 is 0 Å². The van der Waals surface area contributed by atoms with Crippen LogP contribution < -0.4 is 10.6 Å². The molecule has 2 heteroatoms. The Bertz CT molecular complexity index is 830. The third kappa shape index (κ3) is 2.84. The van der Waals surface area contributed by atoms with E-state index in [1.807, 2.05) is 0 Å². The first-order chi connectivity index (χ1) is 11.7. The fourth-order valence-electron chi connectivity index (χ4n) is 3.64. The minimum absolute atomic E-state index is 0.585. The van der Waals surface area contributed by atoms with Gasteiger partial charge in [-0.25, -0.2) is 0 Å². The molecule has 24 heavy (non-hydrogen) atoms. The molecule has 2 aromatic rings. The molecule has 2 nitrogen and oxygen atoms in total. The topological polar surface area (TPSA) is 24.1 Å². The van der Waals surface area contributed by atoms with Crippen LogP contribution in [0.25, 0.3) is 11.1 Å². The van der Waals surface area contributed by atoms with Gasteiger partial charge in [0.1, 0.15) is 0 Å². The maximum absolute atomic E-state index is 3.51. The van der Waals surface area contributed by atoms with E-state index in [9.17, 15) is 0 Å². The number of hydrogen-bond acceptors (Lipinski definition) is 2. The second-order valence-corrected chi connectivity index (χ2v) is 6.92. The lowest BCUT2D eigenvalue weighted by atomic mass is 9.83. The molecule has 0 fully saturated rings. The SMILES string of the molecule is Cc1cccc(C2=C(c3ccc4c(c3)NCCN4)C=CC(C)C2)c1. The molecule has 1 atom stereocenters. The molecular formula is C22H24N2. The predicted molar refractivity (Wildman–Crippen MR) is 104 cm³/mol. The van der Waals surface area contributed by atoms with Gasteiger partial charge in [-0.2, -0.15) is 0 Å². The number of rotatable bonds is 2. The molecule has 4 rings (SSSR count). The molecule has 0 radical (unpaired) electrons. The Morgan fingerprint density at radius 3 is 2.58 bits per heavy atom. The predicted octanol–water partition coefficient (Wildman–Crippen LogP) is 5.34. The van der Waals surface area contributed by atoms with Crippen molar-refractivity contribution in [3.8, 4) is 0 Å². The monoisotopic (exact) mass is 316 g/mol. The standard InChI is InChI=1S/C22H24N2/c1-15-4-3-5-17(12-15)20-13-16(2)6-8-19(20)18-7-9-21-22(14-18)24-11-10-23-21/h3-9,12,14,16,23-24H,10-11,13H2,1-2H3. The van der Waals surface area contributed by atoms with Crippen molar-refractivity contribution >= 4 is 22.5 Å². The summed E-state index contributed by atoms with van der Waals surface area (Å²) in [5.74, 6) is 0.585. The van der Waals surface area contributed by atoms with Crippen molar-refractivity contribution in [3.63, 3.8) is 0 Å². The van der Waals surface area contributed by atoms with E-state index in [4.69, 9.17) is 0 Å². The molecule has 2 N–H and O–H groups in total. The molecule has 0 saturated carbocycles. The van der Waals surface area contributed by atoms with Gasteiger partial charge in [-0.05, 0) is 53.7 Å². The summed E-state index contributed by atoms with van der Waals surface area (Å²) in [7, 11) is 0. The van der Waals surface area contributed by atoms with E-state index in [1.54, 1.807) is 0 Å². The third-order valence-corrected chi connectivity index (χ3v) is 4.90. The van der Waals surface area contributed by atoms with Gasteiger partial charge in [-0.3, -0.25) is 0 Å². The maximum Gasteiger partial charge on any atom is 0.0582 e. The summed E-state index contributed by atoms with van der Waals surface area (Å²) in [5, 5.41) is 6.96. The zero-order chi connectivity index (χ0) is 16.5. The Morgan fingerprint density at radius 1 is 0.917 bits per heavy atom. The van der Waals surface area contributed by atoms with Gasteiger partial charge in [0, 0.05) is 13.1 Å². The van der Waals surface area contributed by atoms with E-state index in [1.165, 1.54) is 39.2 Å². The molecule has 0 bridgehead atoms. The van der Waals surface area contributed by atoms with Crippen LogP contribution in [0.15, 0.2) is 54.6 Å². The summed E-state index contributed by atoms with van der Waals surface area (Å²) in [6, 6.07) is 15.6. The molecule has 1 heterocycles. The van der Waals surface area contributed by atoms with Crippen LogP contribution in [0.4, 0.5) is 11.4 Å². The van der Waals surface area contributed by atoms with Crippen molar-refractivity contribution in [2.75, 3.05) is 23.7 Å². The summed E-state index contributed by atoms with van der Waals surface area (Å²) in [5.41, 5.74) is 9.19. The minimum Gasteiger partial charge on any atom is -0.382 e. The van der Waals surface area contributed by atoms with Gasteiger partial charge in [0.15, 0.2) is 0 Å². The van der Waals surface area contributed by atoms with Crippen LogP contribution in [0, 0.1) is 12.8 Å². The molecule has 1 aliphatic heterocycles. The number of nitrogens with one attached hydrogen (secondary N) is 2. The van der Waals surface area contributed by atoms with Crippen LogP contribution in [0.2, 0.25) is 0 Å². The second-order valence-electron chi connectivity index (χ2n) is 6.92. The van der Waals surface area contributed by atoms with Gasteiger partial charge in [0.05, 0.1) is 11.4 Å². The summed E-state index contributed by atoms with van der Waals surface area (Å²) in [6.45, 7) is 6.43. The smallest absolute Gasteiger partial charge is 0.0582 e. The highest BCUT2D eigenvalue weighted by atomic mass is 15.0. The summed E-state index contributed by atoms with van der Waals surface area (Å²) in [4.78, 5) is 0. The molecule has 122 valence electrons. The number of benzene rings is 2. The van der Waals surface area contributed by atoms with Crippen LogP contribution in [0.3, 0.4) is 0 Å². The number of fused-ring (bicyclic) bond motifs is 1. The first-order valence-corrected chi connectivity index (χ1v) is 8.81.